The van der Waals surface area contributed by atoms with Gasteiger partial charge in [-0.15, -0.1) is 0 Å². The first kappa shape index (κ1) is 15.3. The maximum atomic E-state index is 13.2. The largest absolute Gasteiger partial charge is 0.481 e. The molecule has 0 spiro atoms. The first-order valence-electron chi connectivity index (χ1n) is 6.16. The van der Waals surface area contributed by atoms with E-state index < -0.39 is 17.6 Å². The Morgan fingerprint density at radius 2 is 2.14 bits per heavy atom. The number of carbonyl (C=O) groups is 1. The van der Waals surface area contributed by atoms with Crippen molar-refractivity contribution in [1.82, 2.24) is 9.36 Å². The molecule has 8 heteroatoms. The monoisotopic (exact) mass is 313 g/mol. The molecule has 0 radical (unpaired) electrons. The molecule has 0 fully saturated rings. The second kappa shape index (κ2) is 6.57. The minimum absolute atomic E-state index is 0.0810. The molecule has 0 aliphatic rings. The molecule has 0 aliphatic carbocycles. The van der Waals surface area contributed by atoms with Gasteiger partial charge in [-0.2, -0.15) is 4.37 Å². The lowest BCUT2D eigenvalue weighted by Gasteiger charge is -2.20. The predicted molar refractivity (Wildman–Crippen MR) is 74.3 cm³/mol. The van der Waals surface area contributed by atoms with Crippen molar-refractivity contribution >= 4 is 22.6 Å². The summed E-state index contributed by atoms with van der Waals surface area (Å²) in [6.07, 6.45) is -0.0810. The first-order valence-corrected chi connectivity index (χ1v) is 6.94. The summed E-state index contributed by atoms with van der Waals surface area (Å²) in [6, 6.07) is 3.60. The van der Waals surface area contributed by atoms with Crippen LogP contribution in [-0.4, -0.2) is 27.0 Å². The van der Waals surface area contributed by atoms with Gasteiger partial charge in [0, 0.05) is 24.6 Å². The third-order valence-corrected chi connectivity index (χ3v) is 3.61. The second-order valence-electron chi connectivity index (χ2n) is 4.44. The average Bonchev–Trinajstić information content (AvgIpc) is 2.85. The van der Waals surface area contributed by atoms with Gasteiger partial charge in [0.05, 0.1) is 6.42 Å². The molecule has 0 amide bonds. The van der Waals surface area contributed by atoms with Gasteiger partial charge < -0.3 is 10.0 Å². The molecule has 5 nitrogen and oxygen atoms in total. The van der Waals surface area contributed by atoms with Gasteiger partial charge in [0.1, 0.15) is 5.82 Å². The number of hydrogen-bond donors (Lipinski definition) is 1. The normalized spacial score (nSPS) is 10.6. The molecular weight excluding hydrogens is 300 g/mol. The van der Waals surface area contributed by atoms with Crippen LogP contribution >= 0.6 is 11.5 Å². The summed E-state index contributed by atoms with van der Waals surface area (Å²) in [5, 5.41) is 9.35. The van der Waals surface area contributed by atoms with Crippen LogP contribution in [0.15, 0.2) is 18.2 Å². The summed E-state index contributed by atoms with van der Waals surface area (Å²) in [7, 11) is 0. The maximum Gasteiger partial charge on any atom is 0.305 e. The van der Waals surface area contributed by atoms with Crippen LogP contribution in [0.3, 0.4) is 0 Å². The van der Waals surface area contributed by atoms with Gasteiger partial charge in [-0.1, -0.05) is 6.07 Å². The standard InChI is InChI=1S/C13H13F2N3O2S/c1-8-16-13(21-17-8)18(5-4-12(19)20)7-9-2-3-10(14)11(15)6-9/h2-3,6H,4-5,7H2,1H3,(H,19,20). The quantitative estimate of drug-likeness (QED) is 0.888. The minimum Gasteiger partial charge on any atom is -0.481 e. The molecule has 1 heterocycles. The van der Waals surface area contributed by atoms with Crippen LogP contribution in [0, 0.1) is 18.6 Å². The highest BCUT2D eigenvalue weighted by Gasteiger charge is 2.14. The highest BCUT2D eigenvalue weighted by molar-refractivity contribution is 7.09. The van der Waals surface area contributed by atoms with Crippen LogP contribution in [0.25, 0.3) is 0 Å². The number of benzene rings is 1. The Balaban J connectivity index is 2.18. The number of halogens is 2. The molecule has 1 aromatic heterocycles. The van der Waals surface area contributed by atoms with E-state index in [0.717, 1.165) is 23.7 Å². The molecule has 112 valence electrons. The lowest BCUT2D eigenvalue weighted by Crippen LogP contribution is -2.25. The maximum absolute atomic E-state index is 13.2. The summed E-state index contributed by atoms with van der Waals surface area (Å²) < 4.78 is 30.2. The Morgan fingerprint density at radius 3 is 2.71 bits per heavy atom. The number of rotatable bonds is 6. The van der Waals surface area contributed by atoms with E-state index in [9.17, 15) is 13.6 Å². The molecule has 0 saturated heterocycles. The van der Waals surface area contributed by atoms with Crippen molar-refractivity contribution in [2.24, 2.45) is 0 Å². The Bertz CT molecular complexity index is 648. The number of carboxylic acids is 1. The fourth-order valence-corrected chi connectivity index (χ4v) is 2.44. The van der Waals surface area contributed by atoms with Gasteiger partial charge >= 0.3 is 5.97 Å². The van der Waals surface area contributed by atoms with E-state index in [1.54, 1.807) is 11.8 Å². The van der Waals surface area contributed by atoms with Gasteiger partial charge in [0.2, 0.25) is 5.13 Å². The molecule has 1 N–H and O–H groups in total. The third kappa shape index (κ3) is 4.19. The van der Waals surface area contributed by atoms with Crippen molar-refractivity contribution in [3.8, 4) is 0 Å². The van der Waals surface area contributed by atoms with E-state index in [0.29, 0.717) is 16.5 Å². The molecule has 0 saturated carbocycles. The van der Waals surface area contributed by atoms with E-state index >= 15 is 0 Å². The number of aliphatic carboxylic acids is 1. The summed E-state index contributed by atoms with van der Waals surface area (Å²) in [5.74, 6) is -2.20. The van der Waals surface area contributed by atoms with Crippen LogP contribution in [0.4, 0.5) is 13.9 Å². The van der Waals surface area contributed by atoms with Crippen LogP contribution in [0.2, 0.25) is 0 Å². The Morgan fingerprint density at radius 1 is 1.38 bits per heavy atom. The van der Waals surface area contributed by atoms with Crippen molar-refractivity contribution in [2.45, 2.75) is 19.9 Å². The number of carboxylic acid groups (broad SMARTS) is 1. The summed E-state index contributed by atoms with van der Waals surface area (Å²) >= 11 is 1.14. The zero-order chi connectivity index (χ0) is 15.4. The Hall–Kier alpha value is -2.09. The molecular formula is C13H13F2N3O2S. The van der Waals surface area contributed by atoms with Crippen molar-refractivity contribution in [1.29, 1.82) is 0 Å². The van der Waals surface area contributed by atoms with Crippen molar-refractivity contribution in [3.63, 3.8) is 0 Å². The summed E-state index contributed by atoms with van der Waals surface area (Å²) in [4.78, 5) is 16.6. The third-order valence-electron chi connectivity index (χ3n) is 2.74. The van der Waals surface area contributed by atoms with E-state index in [1.165, 1.54) is 6.07 Å². The van der Waals surface area contributed by atoms with Crippen LogP contribution in [0.1, 0.15) is 17.8 Å². The fourth-order valence-electron chi connectivity index (χ4n) is 1.75. The van der Waals surface area contributed by atoms with Gasteiger partial charge in [0.25, 0.3) is 0 Å². The van der Waals surface area contributed by atoms with Gasteiger partial charge in [-0.05, 0) is 24.6 Å². The Kier molecular flexibility index (Phi) is 4.79. The number of aryl methyl sites for hydroxylation is 1. The fraction of sp³-hybridized carbons (Fsp3) is 0.308. The number of aromatic nitrogens is 2. The smallest absolute Gasteiger partial charge is 0.305 e. The second-order valence-corrected chi connectivity index (χ2v) is 5.17. The van der Waals surface area contributed by atoms with Gasteiger partial charge in [-0.25, -0.2) is 13.8 Å². The minimum atomic E-state index is -0.938. The SMILES string of the molecule is Cc1nsc(N(CCC(=O)O)Cc2ccc(F)c(F)c2)n1. The number of hydrogen-bond acceptors (Lipinski definition) is 5. The van der Waals surface area contributed by atoms with E-state index in [4.69, 9.17) is 5.11 Å². The van der Waals surface area contributed by atoms with E-state index in [2.05, 4.69) is 9.36 Å². The number of anilines is 1. The van der Waals surface area contributed by atoms with Crippen molar-refractivity contribution in [2.75, 3.05) is 11.4 Å². The summed E-state index contributed by atoms with van der Waals surface area (Å²) in [5.41, 5.74) is 0.534. The summed E-state index contributed by atoms with van der Waals surface area (Å²) in [6.45, 7) is 2.18. The zero-order valence-corrected chi connectivity index (χ0v) is 12.0. The average molecular weight is 313 g/mol. The van der Waals surface area contributed by atoms with E-state index in [-0.39, 0.29) is 19.5 Å². The highest BCUT2D eigenvalue weighted by atomic mass is 32.1. The molecule has 2 rings (SSSR count). The van der Waals surface area contributed by atoms with E-state index in [1.807, 2.05) is 0 Å². The predicted octanol–water partition coefficient (Wildman–Crippen LogP) is 2.61. The first-order chi connectivity index (χ1) is 9.95. The molecule has 0 unspecified atom stereocenters. The van der Waals surface area contributed by atoms with Crippen LogP contribution < -0.4 is 4.90 Å². The zero-order valence-electron chi connectivity index (χ0n) is 11.2. The van der Waals surface area contributed by atoms with Gasteiger partial charge in [-0.3, -0.25) is 4.79 Å². The molecule has 2 aromatic rings. The molecule has 1 aromatic carbocycles. The Labute approximate surface area is 124 Å². The lowest BCUT2D eigenvalue weighted by atomic mass is 10.2. The van der Waals surface area contributed by atoms with Crippen molar-refractivity contribution in [3.05, 3.63) is 41.2 Å². The topological polar surface area (TPSA) is 66.3 Å². The van der Waals surface area contributed by atoms with Crippen LogP contribution in [-0.2, 0) is 11.3 Å². The lowest BCUT2D eigenvalue weighted by molar-refractivity contribution is -0.136. The number of nitrogens with zero attached hydrogens (tertiary/aromatic N) is 3. The van der Waals surface area contributed by atoms with Crippen LogP contribution in [0.5, 0.6) is 0 Å². The molecule has 0 atom stereocenters. The highest BCUT2D eigenvalue weighted by Crippen LogP contribution is 2.20. The van der Waals surface area contributed by atoms with Crippen molar-refractivity contribution < 1.29 is 18.7 Å². The molecule has 0 bridgehead atoms. The molecule has 21 heavy (non-hydrogen) atoms. The molecule has 0 aliphatic heterocycles. The van der Waals surface area contributed by atoms with Gasteiger partial charge in [0.15, 0.2) is 11.6 Å².